The number of benzene rings is 2. The Balaban J connectivity index is 2.09. The number of methoxy groups -OCH3 is 1. The molecule has 0 atom stereocenters. The highest BCUT2D eigenvalue weighted by Gasteiger charge is 2.26. The number of nitrogens with zero attached hydrogens (tertiary/aromatic N) is 1. The van der Waals surface area contributed by atoms with Crippen molar-refractivity contribution >= 4 is 16.9 Å². The Morgan fingerprint density at radius 1 is 1.17 bits per heavy atom. The number of fused-ring (bicyclic) bond motifs is 1. The summed E-state index contributed by atoms with van der Waals surface area (Å²) in [4.78, 5) is 27.3. The van der Waals surface area contributed by atoms with Crippen molar-refractivity contribution in [3.63, 3.8) is 0 Å². The molecule has 0 radical (unpaired) electrons. The van der Waals surface area contributed by atoms with Crippen LogP contribution in [0, 0.1) is 11.6 Å². The van der Waals surface area contributed by atoms with Crippen molar-refractivity contribution < 1.29 is 23.4 Å². The van der Waals surface area contributed by atoms with Crippen molar-refractivity contribution in [2.45, 2.75) is 6.54 Å². The standard InChI is InChI=1S/C22H16F2N2O4/c1-30-14-5-7-18-16(10-14)19(15-3-2-8-25-21(15)27)20(22(28)29)26(18)11-12-9-13(23)4-6-17(12)24/h2-10H,11H2,1H3,(H,25,27)(H,28,29). The quantitative estimate of drug-likeness (QED) is 0.520. The molecule has 0 saturated carbocycles. The number of pyridine rings is 1. The fourth-order valence-electron chi connectivity index (χ4n) is 3.57. The van der Waals surface area contributed by atoms with E-state index in [1.165, 1.54) is 23.9 Å². The molecule has 2 N–H and O–H groups in total. The largest absolute Gasteiger partial charge is 0.497 e. The van der Waals surface area contributed by atoms with Gasteiger partial charge >= 0.3 is 5.97 Å². The first-order valence-corrected chi connectivity index (χ1v) is 8.96. The van der Waals surface area contributed by atoms with E-state index in [9.17, 15) is 23.5 Å². The highest BCUT2D eigenvalue weighted by Crippen LogP contribution is 2.36. The van der Waals surface area contributed by atoms with Crippen LogP contribution in [-0.4, -0.2) is 27.7 Å². The fraction of sp³-hybridized carbons (Fsp3) is 0.0909. The van der Waals surface area contributed by atoms with Crippen LogP contribution in [0.1, 0.15) is 16.1 Å². The lowest BCUT2D eigenvalue weighted by Crippen LogP contribution is -2.14. The molecule has 30 heavy (non-hydrogen) atoms. The summed E-state index contributed by atoms with van der Waals surface area (Å²) in [6.45, 7) is -0.237. The van der Waals surface area contributed by atoms with Crippen LogP contribution in [0.3, 0.4) is 0 Å². The van der Waals surface area contributed by atoms with Crippen molar-refractivity contribution in [3.8, 4) is 16.9 Å². The van der Waals surface area contributed by atoms with E-state index in [1.807, 2.05) is 0 Å². The highest BCUT2D eigenvalue weighted by atomic mass is 19.1. The van der Waals surface area contributed by atoms with Crippen molar-refractivity contribution in [3.05, 3.63) is 88.0 Å². The summed E-state index contributed by atoms with van der Waals surface area (Å²) in [5, 5.41) is 10.4. The topological polar surface area (TPSA) is 84.3 Å². The van der Waals surface area contributed by atoms with E-state index in [0.29, 0.717) is 16.7 Å². The maximum atomic E-state index is 14.3. The summed E-state index contributed by atoms with van der Waals surface area (Å²) in [7, 11) is 1.47. The maximum absolute atomic E-state index is 14.3. The monoisotopic (exact) mass is 410 g/mol. The van der Waals surface area contributed by atoms with Gasteiger partial charge in [0, 0.05) is 33.8 Å². The lowest BCUT2D eigenvalue weighted by Gasteiger charge is -2.10. The van der Waals surface area contributed by atoms with Crippen LogP contribution in [-0.2, 0) is 6.54 Å². The molecule has 0 aliphatic carbocycles. The third-order valence-electron chi connectivity index (χ3n) is 4.90. The lowest BCUT2D eigenvalue weighted by atomic mass is 10.0. The van der Waals surface area contributed by atoms with Gasteiger partial charge in [-0.05, 0) is 48.5 Å². The van der Waals surface area contributed by atoms with Crippen molar-refractivity contribution in [2.75, 3.05) is 7.11 Å². The first-order valence-electron chi connectivity index (χ1n) is 8.96. The summed E-state index contributed by atoms with van der Waals surface area (Å²) < 4.78 is 34.6. The van der Waals surface area contributed by atoms with Crippen LogP contribution in [0.4, 0.5) is 8.78 Å². The zero-order chi connectivity index (χ0) is 21.4. The summed E-state index contributed by atoms with van der Waals surface area (Å²) >= 11 is 0. The number of H-pyrrole nitrogens is 1. The Bertz CT molecular complexity index is 1340. The summed E-state index contributed by atoms with van der Waals surface area (Å²) in [6.07, 6.45) is 1.44. The Labute approximate surface area is 169 Å². The van der Waals surface area contributed by atoms with Crippen molar-refractivity contribution in [2.24, 2.45) is 0 Å². The van der Waals surface area contributed by atoms with Gasteiger partial charge in [0.1, 0.15) is 23.1 Å². The number of aromatic carboxylic acids is 1. The highest BCUT2D eigenvalue weighted by molar-refractivity contribution is 6.08. The predicted molar refractivity (Wildman–Crippen MR) is 107 cm³/mol. The van der Waals surface area contributed by atoms with Gasteiger partial charge in [-0.25, -0.2) is 13.6 Å². The summed E-state index contributed by atoms with van der Waals surface area (Å²) in [6, 6.07) is 11.0. The molecule has 0 aliphatic rings. The number of aromatic nitrogens is 2. The lowest BCUT2D eigenvalue weighted by molar-refractivity contribution is 0.0687. The van der Waals surface area contributed by atoms with E-state index in [-0.39, 0.29) is 28.9 Å². The molecule has 0 unspecified atom stereocenters. The van der Waals surface area contributed by atoms with Gasteiger partial charge in [-0.3, -0.25) is 4.79 Å². The number of hydrogen-bond acceptors (Lipinski definition) is 3. The van der Waals surface area contributed by atoms with E-state index in [1.54, 1.807) is 24.3 Å². The number of carboxylic acids is 1. The zero-order valence-electron chi connectivity index (χ0n) is 15.8. The second kappa shape index (κ2) is 7.47. The molecule has 4 rings (SSSR count). The number of carboxylic acid groups (broad SMARTS) is 1. The van der Waals surface area contributed by atoms with Gasteiger partial charge in [-0.15, -0.1) is 0 Å². The van der Waals surface area contributed by atoms with E-state index >= 15 is 0 Å². The molecule has 152 valence electrons. The molecule has 0 amide bonds. The number of nitrogens with one attached hydrogen (secondary N) is 1. The number of carbonyl (C=O) groups is 1. The van der Waals surface area contributed by atoms with E-state index in [2.05, 4.69) is 4.98 Å². The van der Waals surface area contributed by atoms with Gasteiger partial charge in [0.05, 0.1) is 13.7 Å². The molecular weight excluding hydrogens is 394 g/mol. The minimum atomic E-state index is -1.31. The molecule has 2 aromatic carbocycles. The minimum absolute atomic E-state index is 0.0151. The fourth-order valence-corrected chi connectivity index (χ4v) is 3.57. The number of ether oxygens (including phenoxy) is 1. The number of halogens is 2. The number of aromatic amines is 1. The first kappa shape index (κ1) is 19.4. The molecule has 0 aliphatic heterocycles. The number of hydrogen-bond donors (Lipinski definition) is 2. The van der Waals surface area contributed by atoms with Crippen LogP contribution < -0.4 is 10.3 Å². The molecule has 0 saturated heterocycles. The molecular formula is C22H16F2N2O4. The van der Waals surface area contributed by atoms with Gasteiger partial charge < -0.3 is 19.4 Å². The molecule has 0 spiro atoms. The van der Waals surface area contributed by atoms with E-state index < -0.39 is 23.2 Å². The second-order valence-electron chi connectivity index (χ2n) is 6.65. The smallest absolute Gasteiger partial charge is 0.353 e. The van der Waals surface area contributed by atoms with Crippen LogP contribution in [0.15, 0.2) is 59.5 Å². The Hall–Kier alpha value is -3.94. The van der Waals surface area contributed by atoms with Gasteiger partial charge in [0.25, 0.3) is 5.56 Å². The third kappa shape index (κ3) is 3.22. The van der Waals surface area contributed by atoms with Gasteiger partial charge in [0.15, 0.2) is 0 Å². The molecule has 6 nitrogen and oxygen atoms in total. The molecule has 0 bridgehead atoms. The van der Waals surface area contributed by atoms with Crippen LogP contribution in [0.2, 0.25) is 0 Å². The summed E-state index contributed by atoms with van der Waals surface area (Å²) in [5.74, 6) is -2.15. The molecule has 2 aromatic heterocycles. The van der Waals surface area contributed by atoms with Gasteiger partial charge in [-0.2, -0.15) is 0 Å². The average molecular weight is 410 g/mol. The van der Waals surface area contributed by atoms with Gasteiger partial charge in [-0.1, -0.05) is 0 Å². The summed E-state index contributed by atoms with van der Waals surface area (Å²) in [5.41, 5.74) is 0.0629. The van der Waals surface area contributed by atoms with Crippen molar-refractivity contribution in [1.82, 2.24) is 9.55 Å². The predicted octanol–water partition coefficient (Wildman–Crippen LogP) is 4.03. The second-order valence-corrected chi connectivity index (χ2v) is 6.65. The minimum Gasteiger partial charge on any atom is -0.497 e. The van der Waals surface area contributed by atoms with Crippen LogP contribution in [0.5, 0.6) is 5.75 Å². The molecule has 8 heteroatoms. The Kier molecular flexibility index (Phi) is 4.83. The first-order chi connectivity index (χ1) is 14.4. The van der Waals surface area contributed by atoms with Crippen molar-refractivity contribution in [1.29, 1.82) is 0 Å². The van der Waals surface area contributed by atoms with Gasteiger partial charge in [0.2, 0.25) is 0 Å². The molecule has 4 aromatic rings. The van der Waals surface area contributed by atoms with Crippen LogP contribution in [0.25, 0.3) is 22.0 Å². The number of rotatable bonds is 5. The zero-order valence-corrected chi connectivity index (χ0v) is 15.8. The van der Waals surface area contributed by atoms with E-state index in [0.717, 1.165) is 18.2 Å². The average Bonchev–Trinajstić information content (AvgIpc) is 3.04. The SMILES string of the molecule is COc1ccc2c(c1)c(-c1ccc[nH]c1=O)c(C(=O)O)n2Cc1cc(F)ccc1F. The Morgan fingerprint density at radius 2 is 1.97 bits per heavy atom. The Morgan fingerprint density at radius 3 is 2.67 bits per heavy atom. The molecule has 2 heterocycles. The van der Waals surface area contributed by atoms with Crippen LogP contribution >= 0.6 is 0 Å². The van der Waals surface area contributed by atoms with E-state index in [4.69, 9.17) is 4.74 Å². The third-order valence-corrected chi connectivity index (χ3v) is 4.90. The normalized spacial score (nSPS) is 11.0. The maximum Gasteiger partial charge on any atom is 0.353 e. The molecule has 0 fully saturated rings.